The van der Waals surface area contributed by atoms with Crippen LogP contribution in [0.3, 0.4) is 0 Å². The molecule has 1 aliphatic heterocycles. The van der Waals surface area contributed by atoms with Crippen LogP contribution in [0.1, 0.15) is 18.9 Å². The number of aromatic nitrogens is 1. The first-order chi connectivity index (χ1) is 9.97. The predicted molar refractivity (Wildman–Crippen MR) is 72.7 cm³/mol. The predicted octanol–water partition coefficient (Wildman–Crippen LogP) is 2.52. The van der Waals surface area contributed by atoms with Crippen LogP contribution in [0.2, 0.25) is 0 Å². The smallest absolute Gasteiger partial charge is 0.354 e. The van der Waals surface area contributed by atoms with Gasteiger partial charge in [-0.2, -0.15) is 18.4 Å². The Balaban J connectivity index is 2.12. The zero-order valence-electron chi connectivity index (χ0n) is 11.8. The Morgan fingerprint density at radius 1 is 1.33 bits per heavy atom. The number of pyridine rings is 1. The van der Waals surface area contributed by atoms with Gasteiger partial charge in [0.15, 0.2) is 0 Å². The number of rotatable bonds is 3. The SMILES string of the molecule is CCC(C#N)N1CCN(c2ncccc2C(F)(F)F)CC1. The third kappa shape index (κ3) is 3.45. The summed E-state index contributed by atoms with van der Waals surface area (Å²) in [7, 11) is 0. The van der Waals surface area contributed by atoms with Crippen LogP contribution in [0.5, 0.6) is 0 Å². The molecule has 1 unspecified atom stereocenters. The van der Waals surface area contributed by atoms with Crippen molar-refractivity contribution >= 4 is 5.82 Å². The van der Waals surface area contributed by atoms with Crippen molar-refractivity contribution in [2.45, 2.75) is 25.6 Å². The van der Waals surface area contributed by atoms with Crippen LogP contribution in [0.15, 0.2) is 18.3 Å². The standard InChI is InChI=1S/C14H17F3N4/c1-2-11(10-18)20-6-8-21(9-7-20)13-12(14(15,16)17)4-3-5-19-13/h3-5,11H,2,6-9H2,1H3. The van der Waals surface area contributed by atoms with Crippen molar-refractivity contribution in [1.29, 1.82) is 5.26 Å². The number of anilines is 1. The molecule has 2 rings (SSSR count). The summed E-state index contributed by atoms with van der Waals surface area (Å²) in [5, 5.41) is 9.05. The molecular weight excluding hydrogens is 281 g/mol. The first kappa shape index (κ1) is 15.6. The van der Waals surface area contributed by atoms with E-state index in [-0.39, 0.29) is 11.9 Å². The number of alkyl halides is 3. The molecule has 21 heavy (non-hydrogen) atoms. The van der Waals surface area contributed by atoms with Crippen molar-refractivity contribution in [2.75, 3.05) is 31.1 Å². The third-order valence-corrected chi connectivity index (χ3v) is 3.68. The molecule has 1 atom stereocenters. The largest absolute Gasteiger partial charge is 0.419 e. The zero-order chi connectivity index (χ0) is 15.5. The molecule has 0 amide bonds. The summed E-state index contributed by atoms with van der Waals surface area (Å²) in [5.74, 6) is -0.0188. The second-order valence-electron chi connectivity index (χ2n) is 4.95. The van der Waals surface area contributed by atoms with Crippen molar-refractivity contribution in [3.05, 3.63) is 23.9 Å². The van der Waals surface area contributed by atoms with Crippen LogP contribution in [-0.4, -0.2) is 42.1 Å². The molecular formula is C14H17F3N4. The van der Waals surface area contributed by atoms with Gasteiger partial charge in [0.25, 0.3) is 0 Å². The summed E-state index contributed by atoms with van der Waals surface area (Å²) >= 11 is 0. The minimum Gasteiger partial charge on any atom is -0.354 e. The van der Waals surface area contributed by atoms with E-state index >= 15 is 0 Å². The molecule has 1 saturated heterocycles. The van der Waals surface area contributed by atoms with Crippen molar-refractivity contribution in [3.63, 3.8) is 0 Å². The van der Waals surface area contributed by atoms with E-state index in [2.05, 4.69) is 11.1 Å². The van der Waals surface area contributed by atoms with E-state index in [0.29, 0.717) is 32.6 Å². The Morgan fingerprint density at radius 3 is 2.52 bits per heavy atom. The van der Waals surface area contributed by atoms with Gasteiger partial charge in [-0.1, -0.05) is 6.92 Å². The van der Waals surface area contributed by atoms with Gasteiger partial charge in [0.2, 0.25) is 0 Å². The van der Waals surface area contributed by atoms with E-state index in [1.165, 1.54) is 12.3 Å². The van der Waals surface area contributed by atoms with Gasteiger partial charge in [0.1, 0.15) is 5.82 Å². The Bertz CT molecular complexity index is 516. The molecule has 114 valence electrons. The van der Waals surface area contributed by atoms with Gasteiger partial charge in [-0.15, -0.1) is 0 Å². The fraction of sp³-hybridized carbons (Fsp3) is 0.571. The Kier molecular flexibility index (Phi) is 4.68. The molecule has 1 aromatic rings. The Hall–Kier alpha value is -1.81. The summed E-state index contributed by atoms with van der Waals surface area (Å²) in [5.41, 5.74) is -0.703. The molecule has 1 aromatic heterocycles. The van der Waals surface area contributed by atoms with E-state index in [4.69, 9.17) is 5.26 Å². The fourth-order valence-corrected chi connectivity index (χ4v) is 2.55. The summed E-state index contributed by atoms with van der Waals surface area (Å²) in [6.45, 7) is 3.96. The van der Waals surface area contributed by atoms with Crippen molar-refractivity contribution < 1.29 is 13.2 Å². The molecule has 0 spiro atoms. The second-order valence-corrected chi connectivity index (χ2v) is 4.95. The lowest BCUT2D eigenvalue weighted by Crippen LogP contribution is -2.50. The average Bonchev–Trinajstić information content (AvgIpc) is 2.48. The van der Waals surface area contributed by atoms with Crippen LogP contribution >= 0.6 is 0 Å². The number of nitriles is 1. The van der Waals surface area contributed by atoms with Gasteiger partial charge < -0.3 is 4.90 Å². The van der Waals surface area contributed by atoms with Crippen LogP contribution in [0.25, 0.3) is 0 Å². The van der Waals surface area contributed by atoms with Gasteiger partial charge in [0, 0.05) is 32.4 Å². The van der Waals surface area contributed by atoms with Crippen LogP contribution in [0, 0.1) is 11.3 Å². The molecule has 1 aliphatic rings. The highest BCUT2D eigenvalue weighted by molar-refractivity contribution is 5.48. The van der Waals surface area contributed by atoms with E-state index in [1.807, 2.05) is 11.8 Å². The number of hydrogen-bond acceptors (Lipinski definition) is 4. The number of halogens is 3. The van der Waals surface area contributed by atoms with E-state index in [0.717, 1.165) is 6.07 Å². The van der Waals surface area contributed by atoms with Gasteiger partial charge in [-0.25, -0.2) is 4.98 Å². The lowest BCUT2D eigenvalue weighted by molar-refractivity contribution is -0.137. The number of hydrogen-bond donors (Lipinski definition) is 0. The summed E-state index contributed by atoms with van der Waals surface area (Å²) in [6.07, 6.45) is -2.31. The van der Waals surface area contributed by atoms with Gasteiger partial charge >= 0.3 is 6.18 Å². The molecule has 0 aliphatic carbocycles. The van der Waals surface area contributed by atoms with Gasteiger partial charge in [-0.05, 0) is 18.6 Å². The lowest BCUT2D eigenvalue weighted by atomic mass is 10.1. The molecule has 0 radical (unpaired) electrons. The third-order valence-electron chi connectivity index (χ3n) is 3.68. The maximum Gasteiger partial charge on any atom is 0.419 e. The fourth-order valence-electron chi connectivity index (χ4n) is 2.55. The molecule has 0 bridgehead atoms. The van der Waals surface area contributed by atoms with Crippen LogP contribution in [0.4, 0.5) is 19.0 Å². The first-order valence-corrected chi connectivity index (χ1v) is 6.88. The molecule has 0 aromatic carbocycles. The van der Waals surface area contributed by atoms with E-state index in [9.17, 15) is 13.2 Å². The van der Waals surface area contributed by atoms with Gasteiger partial charge in [0.05, 0.1) is 17.7 Å². The van der Waals surface area contributed by atoms with Crippen molar-refractivity contribution in [3.8, 4) is 6.07 Å². The average molecular weight is 298 g/mol. The molecule has 4 nitrogen and oxygen atoms in total. The minimum absolute atomic E-state index is 0.0188. The van der Waals surface area contributed by atoms with E-state index < -0.39 is 11.7 Å². The van der Waals surface area contributed by atoms with Crippen molar-refractivity contribution in [2.24, 2.45) is 0 Å². The normalized spacial score (nSPS) is 18.3. The van der Waals surface area contributed by atoms with Crippen LogP contribution in [-0.2, 0) is 6.18 Å². The summed E-state index contributed by atoms with van der Waals surface area (Å²) in [4.78, 5) is 7.55. The number of piperazine rings is 1. The van der Waals surface area contributed by atoms with Crippen molar-refractivity contribution in [1.82, 2.24) is 9.88 Å². The maximum absolute atomic E-state index is 13.0. The van der Waals surface area contributed by atoms with E-state index in [1.54, 1.807) is 4.90 Å². The maximum atomic E-state index is 13.0. The molecule has 7 heteroatoms. The molecule has 1 fully saturated rings. The topological polar surface area (TPSA) is 43.2 Å². The minimum atomic E-state index is -4.40. The Labute approximate surface area is 121 Å². The molecule has 2 heterocycles. The molecule has 0 N–H and O–H groups in total. The highest BCUT2D eigenvalue weighted by atomic mass is 19.4. The highest BCUT2D eigenvalue weighted by Crippen LogP contribution is 2.35. The number of nitrogens with zero attached hydrogens (tertiary/aromatic N) is 4. The highest BCUT2D eigenvalue weighted by Gasteiger charge is 2.36. The quantitative estimate of drug-likeness (QED) is 0.860. The monoisotopic (exact) mass is 298 g/mol. The zero-order valence-corrected chi connectivity index (χ0v) is 11.8. The second kappa shape index (κ2) is 6.31. The molecule has 0 saturated carbocycles. The van der Waals surface area contributed by atoms with Crippen LogP contribution < -0.4 is 4.90 Å². The Morgan fingerprint density at radius 2 is 2.00 bits per heavy atom. The first-order valence-electron chi connectivity index (χ1n) is 6.88. The summed E-state index contributed by atoms with van der Waals surface area (Å²) < 4.78 is 39.0. The summed E-state index contributed by atoms with van der Waals surface area (Å²) in [6, 6.07) is 4.41. The van der Waals surface area contributed by atoms with Gasteiger partial charge in [-0.3, -0.25) is 4.90 Å². The lowest BCUT2D eigenvalue weighted by Gasteiger charge is -2.37.